The second kappa shape index (κ2) is 10.9. The van der Waals surface area contributed by atoms with Crippen molar-refractivity contribution in [1.82, 2.24) is 29.5 Å². The van der Waals surface area contributed by atoms with E-state index < -0.39 is 0 Å². The van der Waals surface area contributed by atoms with Crippen molar-refractivity contribution in [1.29, 1.82) is 0 Å². The van der Waals surface area contributed by atoms with Gasteiger partial charge in [-0.15, -0.1) is 11.3 Å². The predicted molar refractivity (Wildman–Crippen MR) is 154 cm³/mol. The number of fused-ring (bicyclic) bond motifs is 1. The number of carbonyl (C=O) groups is 1. The molecule has 1 aliphatic heterocycles. The van der Waals surface area contributed by atoms with Crippen LogP contribution in [0.5, 0.6) is 5.75 Å². The van der Waals surface area contributed by atoms with Gasteiger partial charge in [-0.25, -0.2) is 14.6 Å². The number of nitrogen functional groups attached to an aromatic ring is 1. The molecule has 39 heavy (non-hydrogen) atoms. The number of nitrogens with two attached hydrogens (primary N) is 1. The van der Waals surface area contributed by atoms with Crippen molar-refractivity contribution in [3.63, 3.8) is 0 Å². The van der Waals surface area contributed by atoms with Crippen molar-refractivity contribution >= 4 is 39.8 Å². The largest absolute Gasteiger partial charge is 0.495 e. The first-order chi connectivity index (χ1) is 19.0. The van der Waals surface area contributed by atoms with E-state index in [0.29, 0.717) is 28.2 Å². The van der Waals surface area contributed by atoms with Crippen molar-refractivity contribution in [3.8, 4) is 17.0 Å². The average Bonchev–Trinajstić information content (AvgIpc) is 3.64. The summed E-state index contributed by atoms with van der Waals surface area (Å²) in [5.74, 6) is 0.778. The number of nitrogens with one attached hydrogen (secondary N) is 1. The van der Waals surface area contributed by atoms with Crippen LogP contribution in [0.2, 0.25) is 0 Å². The monoisotopic (exact) mass is 546 g/mol. The van der Waals surface area contributed by atoms with E-state index in [0.717, 1.165) is 74.2 Å². The Hall–Kier alpha value is -3.54. The summed E-state index contributed by atoms with van der Waals surface area (Å²) >= 11 is 1.39. The van der Waals surface area contributed by atoms with Crippen LogP contribution in [0.4, 0.5) is 11.5 Å². The number of nitrogens with zero attached hydrogens (tertiary/aromatic N) is 6. The van der Waals surface area contributed by atoms with Gasteiger partial charge in [0.2, 0.25) is 0 Å². The molecule has 0 spiro atoms. The van der Waals surface area contributed by atoms with Gasteiger partial charge >= 0.3 is 0 Å². The van der Waals surface area contributed by atoms with Crippen LogP contribution in [0.1, 0.15) is 41.4 Å². The van der Waals surface area contributed by atoms with Crippen LogP contribution in [0.3, 0.4) is 0 Å². The fourth-order valence-electron chi connectivity index (χ4n) is 5.84. The molecule has 1 aliphatic carbocycles. The third-order valence-corrected chi connectivity index (χ3v) is 8.92. The summed E-state index contributed by atoms with van der Waals surface area (Å²) in [4.78, 5) is 27.2. The van der Waals surface area contributed by atoms with Gasteiger partial charge in [0.1, 0.15) is 23.6 Å². The molecule has 3 N–H and O–H groups in total. The molecule has 4 aromatic rings. The molecular formula is C28H34N8O2S. The first-order valence-electron chi connectivity index (χ1n) is 13.5. The zero-order valence-electron chi connectivity index (χ0n) is 22.3. The molecule has 1 saturated carbocycles. The highest BCUT2D eigenvalue weighted by atomic mass is 32.1. The second-order valence-corrected chi connectivity index (χ2v) is 11.3. The van der Waals surface area contributed by atoms with Crippen LogP contribution >= 0.6 is 11.3 Å². The summed E-state index contributed by atoms with van der Waals surface area (Å²) in [5.41, 5.74) is 9.29. The third-order valence-electron chi connectivity index (χ3n) is 8.05. The number of piperazine rings is 1. The zero-order chi connectivity index (χ0) is 26.9. The maximum Gasteiger partial charge on any atom is 0.265 e. The van der Waals surface area contributed by atoms with E-state index in [1.165, 1.54) is 17.7 Å². The van der Waals surface area contributed by atoms with Gasteiger partial charge in [-0.3, -0.25) is 9.69 Å². The quantitative estimate of drug-likeness (QED) is 0.371. The molecule has 1 aromatic carbocycles. The minimum Gasteiger partial charge on any atom is -0.495 e. The number of carbonyl (C=O) groups excluding carboxylic acids is 1. The molecule has 3 aromatic heterocycles. The number of anilines is 2. The number of ether oxygens (including phenoxy) is 1. The van der Waals surface area contributed by atoms with E-state index in [4.69, 9.17) is 15.6 Å². The lowest BCUT2D eigenvalue weighted by molar-refractivity contribution is 0.0815. The number of likely N-dealkylation sites (N-methyl/N-ethyl adjacent to an activating group) is 1. The van der Waals surface area contributed by atoms with Crippen LogP contribution in [0, 0.1) is 0 Å². The molecule has 4 heterocycles. The fourth-order valence-corrected chi connectivity index (χ4v) is 6.46. The van der Waals surface area contributed by atoms with Crippen molar-refractivity contribution in [2.75, 3.05) is 51.4 Å². The summed E-state index contributed by atoms with van der Waals surface area (Å²) in [6.45, 7) is 4.58. The van der Waals surface area contributed by atoms with Crippen LogP contribution in [0.15, 0.2) is 42.0 Å². The Morgan fingerprint density at radius 2 is 1.85 bits per heavy atom. The maximum absolute atomic E-state index is 12.6. The van der Waals surface area contributed by atoms with E-state index >= 15 is 0 Å². The minimum atomic E-state index is -0.171. The normalized spacial score (nSPS) is 20.8. The highest BCUT2D eigenvalue weighted by Crippen LogP contribution is 2.39. The molecular weight excluding hydrogens is 512 g/mol. The maximum atomic E-state index is 12.6. The Morgan fingerprint density at radius 1 is 1.08 bits per heavy atom. The van der Waals surface area contributed by atoms with Gasteiger partial charge < -0.3 is 20.7 Å². The van der Waals surface area contributed by atoms with Crippen LogP contribution in [-0.2, 0) is 0 Å². The van der Waals surface area contributed by atoms with Crippen molar-refractivity contribution in [2.24, 2.45) is 0 Å². The van der Waals surface area contributed by atoms with Crippen molar-refractivity contribution in [3.05, 3.63) is 46.9 Å². The molecule has 0 unspecified atom stereocenters. The van der Waals surface area contributed by atoms with E-state index in [2.05, 4.69) is 36.8 Å². The molecule has 2 fully saturated rings. The summed E-state index contributed by atoms with van der Waals surface area (Å²) in [5, 5.41) is 10.6. The molecule has 2 aliphatic rings. The number of methoxy groups -OCH3 is 1. The number of hydrogen-bond acceptors (Lipinski definition) is 9. The summed E-state index contributed by atoms with van der Waals surface area (Å²) in [7, 11) is 3.79. The first kappa shape index (κ1) is 25.7. The van der Waals surface area contributed by atoms with Crippen LogP contribution in [0.25, 0.3) is 22.3 Å². The first-order valence-corrected chi connectivity index (χ1v) is 14.3. The Balaban J connectivity index is 1.27. The van der Waals surface area contributed by atoms with E-state index in [9.17, 15) is 4.79 Å². The van der Waals surface area contributed by atoms with Gasteiger partial charge in [0.15, 0.2) is 5.65 Å². The fraction of sp³-hybridized carbons (Fsp3) is 0.429. The number of hydrogen-bond donors (Lipinski definition) is 2. The van der Waals surface area contributed by atoms with Gasteiger partial charge in [0, 0.05) is 37.8 Å². The van der Waals surface area contributed by atoms with Gasteiger partial charge in [-0.05, 0) is 56.3 Å². The highest BCUT2D eigenvalue weighted by molar-refractivity contribution is 7.12. The lowest BCUT2D eigenvalue weighted by Gasteiger charge is -2.41. The SMILES string of the molecule is COc1cc(-c2nn(C3CCC(N4CCN(C)CC4)CC3)c3ncnc(N)c23)ccc1NC(=O)c1cccs1. The van der Waals surface area contributed by atoms with Gasteiger partial charge in [-0.2, -0.15) is 5.10 Å². The molecule has 1 saturated heterocycles. The van der Waals surface area contributed by atoms with Crippen molar-refractivity contribution < 1.29 is 9.53 Å². The van der Waals surface area contributed by atoms with Crippen molar-refractivity contribution in [2.45, 2.75) is 37.8 Å². The number of rotatable bonds is 6. The minimum absolute atomic E-state index is 0.171. The Kier molecular flexibility index (Phi) is 7.20. The standard InChI is InChI=1S/C28H34N8O2S/c1-34-11-13-35(14-12-34)19-6-8-20(9-7-19)36-27-24(26(29)30-17-31-27)25(33-36)18-5-10-21(22(16-18)38-2)32-28(37)23-4-3-15-39-23/h3-5,10,15-17,19-20H,6-9,11-14H2,1-2H3,(H,32,37)(H2,29,30,31). The molecule has 6 rings (SSSR count). The van der Waals surface area contributed by atoms with E-state index in [1.54, 1.807) is 13.2 Å². The molecule has 10 nitrogen and oxygen atoms in total. The number of thiophene rings is 1. The highest BCUT2D eigenvalue weighted by Gasteiger charge is 2.31. The molecule has 0 atom stereocenters. The topological polar surface area (TPSA) is 114 Å². The van der Waals surface area contributed by atoms with Gasteiger partial charge in [-0.1, -0.05) is 12.1 Å². The van der Waals surface area contributed by atoms with E-state index in [1.807, 2.05) is 29.6 Å². The summed E-state index contributed by atoms with van der Waals surface area (Å²) in [6.07, 6.45) is 5.91. The average molecular weight is 547 g/mol. The van der Waals surface area contributed by atoms with Crippen LogP contribution < -0.4 is 15.8 Å². The third kappa shape index (κ3) is 5.09. The Bertz CT molecular complexity index is 1450. The molecule has 0 radical (unpaired) electrons. The molecule has 1 amide bonds. The lowest BCUT2D eigenvalue weighted by atomic mass is 9.90. The Labute approximate surface area is 231 Å². The molecule has 204 valence electrons. The number of benzene rings is 1. The molecule has 0 bridgehead atoms. The van der Waals surface area contributed by atoms with E-state index in [-0.39, 0.29) is 11.9 Å². The smallest absolute Gasteiger partial charge is 0.265 e. The predicted octanol–water partition coefficient (Wildman–Crippen LogP) is 4.13. The second-order valence-electron chi connectivity index (χ2n) is 10.4. The number of aromatic nitrogens is 4. The van der Waals surface area contributed by atoms with Crippen LogP contribution in [-0.4, -0.2) is 81.8 Å². The van der Waals surface area contributed by atoms with Gasteiger partial charge in [0.05, 0.1) is 29.1 Å². The number of amides is 1. The zero-order valence-corrected chi connectivity index (χ0v) is 23.2. The summed E-state index contributed by atoms with van der Waals surface area (Å²) < 4.78 is 7.71. The van der Waals surface area contributed by atoms with Gasteiger partial charge in [0.25, 0.3) is 5.91 Å². The Morgan fingerprint density at radius 3 is 2.56 bits per heavy atom. The summed E-state index contributed by atoms with van der Waals surface area (Å²) in [6, 6.07) is 10.2. The lowest BCUT2D eigenvalue weighted by Crippen LogP contribution is -2.49. The molecule has 11 heteroatoms.